The second-order valence-corrected chi connectivity index (χ2v) is 7.32. The van der Waals surface area contributed by atoms with Gasteiger partial charge in [-0.25, -0.2) is 0 Å². The maximum Gasteiger partial charge on any atom is 0.257 e. The summed E-state index contributed by atoms with van der Waals surface area (Å²) in [5, 5.41) is 8.46. The lowest BCUT2D eigenvalue weighted by atomic mass is 10.1. The third-order valence-electron chi connectivity index (χ3n) is 4.01. The quantitative estimate of drug-likeness (QED) is 0.571. The molecule has 0 heterocycles. The zero-order valence-electron chi connectivity index (χ0n) is 17.0. The Morgan fingerprint density at radius 3 is 2.41 bits per heavy atom. The number of thiocarbonyl (C=S) groups is 1. The number of carbonyl (C=O) groups excluding carboxylic acids is 2. The fourth-order valence-corrected chi connectivity index (χ4v) is 2.69. The third-order valence-corrected chi connectivity index (χ3v) is 4.21. The molecular weight excluding hydrogens is 386 g/mol. The van der Waals surface area contributed by atoms with E-state index < -0.39 is 0 Å². The summed E-state index contributed by atoms with van der Waals surface area (Å²) < 4.78 is 5.70. The van der Waals surface area contributed by atoms with Gasteiger partial charge in [0.1, 0.15) is 5.75 Å². The Kier molecular flexibility index (Phi) is 8.61. The first-order valence-corrected chi connectivity index (χ1v) is 10.0. The number of anilines is 1. The van der Waals surface area contributed by atoms with E-state index in [-0.39, 0.29) is 16.9 Å². The van der Waals surface area contributed by atoms with Crippen molar-refractivity contribution in [3.05, 3.63) is 59.7 Å². The predicted molar refractivity (Wildman–Crippen MR) is 120 cm³/mol. The third kappa shape index (κ3) is 7.54. The average molecular weight is 414 g/mol. The molecule has 154 valence electrons. The van der Waals surface area contributed by atoms with E-state index in [0.29, 0.717) is 41.6 Å². The van der Waals surface area contributed by atoms with Crippen molar-refractivity contribution in [2.75, 3.05) is 18.5 Å². The molecule has 2 amide bonds. The second kappa shape index (κ2) is 11.2. The summed E-state index contributed by atoms with van der Waals surface area (Å²) in [6.07, 6.45) is 0.944. The summed E-state index contributed by atoms with van der Waals surface area (Å²) in [5.74, 6) is 0.695. The summed E-state index contributed by atoms with van der Waals surface area (Å²) in [5.41, 5.74) is 1.58. The van der Waals surface area contributed by atoms with E-state index in [9.17, 15) is 9.59 Å². The zero-order chi connectivity index (χ0) is 21.2. The summed E-state index contributed by atoms with van der Waals surface area (Å²) in [7, 11) is 0. The first kappa shape index (κ1) is 22.4. The number of ether oxygens (including phenoxy) is 1. The Morgan fingerprint density at radius 1 is 1.03 bits per heavy atom. The molecule has 2 aromatic carbocycles. The Labute approximate surface area is 177 Å². The van der Waals surface area contributed by atoms with Crippen LogP contribution in [0.25, 0.3) is 0 Å². The minimum absolute atomic E-state index is 0.147. The summed E-state index contributed by atoms with van der Waals surface area (Å²) >= 11 is 5.23. The lowest BCUT2D eigenvalue weighted by molar-refractivity contribution is 0.0953. The highest BCUT2D eigenvalue weighted by molar-refractivity contribution is 7.80. The van der Waals surface area contributed by atoms with Gasteiger partial charge in [0.15, 0.2) is 5.11 Å². The summed E-state index contributed by atoms with van der Waals surface area (Å²) in [4.78, 5) is 24.4. The molecule has 7 heteroatoms. The normalized spacial score (nSPS) is 10.3. The summed E-state index contributed by atoms with van der Waals surface area (Å²) in [6, 6.07) is 13.9. The molecule has 2 aromatic rings. The van der Waals surface area contributed by atoms with E-state index in [0.717, 1.165) is 6.42 Å². The molecule has 0 aliphatic rings. The number of hydrogen-bond acceptors (Lipinski definition) is 4. The standard InChI is InChI=1S/C22H27N3O3S/c1-4-23-20(26)16-7-5-9-18(13-16)24-22(29)25-21(27)17-8-6-10-19(14-17)28-12-11-15(2)3/h5-10,13-15H,4,11-12H2,1-3H3,(H,23,26)(H2,24,25,27,29). The van der Waals surface area contributed by atoms with Gasteiger partial charge < -0.3 is 15.4 Å². The van der Waals surface area contributed by atoms with Gasteiger partial charge in [0.2, 0.25) is 0 Å². The Balaban J connectivity index is 1.95. The van der Waals surface area contributed by atoms with Gasteiger partial charge >= 0.3 is 0 Å². The Bertz CT molecular complexity index is 868. The minimum atomic E-state index is -0.336. The maximum atomic E-state index is 12.5. The van der Waals surface area contributed by atoms with Crippen molar-refractivity contribution in [1.29, 1.82) is 0 Å². The molecule has 0 saturated carbocycles. The van der Waals surface area contributed by atoms with Crippen LogP contribution in [0.4, 0.5) is 5.69 Å². The van der Waals surface area contributed by atoms with Crippen LogP contribution in [0.2, 0.25) is 0 Å². The highest BCUT2D eigenvalue weighted by Gasteiger charge is 2.10. The number of rotatable bonds is 8. The van der Waals surface area contributed by atoms with Crippen molar-refractivity contribution >= 4 is 34.8 Å². The first-order valence-electron chi connectivity index (χ1n) is 9.62. The van der Waals surface area contributed by atoms with Crippen LogP contribution in [-0.4, -0.2) is 30.1 Å². The molecule has 2 rings (SSSR count). The van der Waals surface area contributed by atoms with Crippen LogP contribution in [0, 0.1) is 5.92 Å². The van der Waals surface area contributed by atoms with Crippen LogP contribution in [-0.2, 0) is 0 Å². The van der Waals surface area contributed by atoms with Gasteiger partial charge in [-0.05, 0) is 67.9 Å². The van der Waals surface area contributed by atoms with Gasteiger partial charge in [-0.2, -0.15) is 0 Å². The van der Waals surface area contributed by atoms with Gasteiger partial charge in [0.05, 0.1) is 6.61 Å². The van der Waals surface area contributed by atoms with Gasteiger partial charge in [-0.1, -0.05) is 26.0 Å². The predicted octanol–water partition coefficient (Wildman–Crippen LogP) is 3.99. The van der Waals surface area contributed by atoms with Crippen molar-refractivity contribution in [2.24, 2.45) is 5.92 Å². The van der Waals surface area contributed by atoms with E-state index in [2.05, 4.69) is 29.8 Å². The van der Waals surface area contributed by atoms with E-state index in [1.807, 2.05) is 13.0 Å². The van der Waals surface area contributed by atoms with Crippen LogP contribution in [0.5, 0.6) is 5.75 Å². The SMILES string of the molecule is CCNC(=O)c1cccc(NC(=S)NC(=O)c2cccc(OCCC(C)C)c2)c1. The van der Waals surface area contributed by atoms with E-state index in [1.54, 1.807) is 42.5 Å². The van der Waals surface area contributed by atoms with E-state index in [1.165, 1.54) is 0 Å². The molecular formula is C22H27N3O3S. The molecule has 0 unspecified atom stereocenters. The Morgan fingerprint density at radius 2 is 1.72 bits per heavy atom. The molecule has 0 atom stereocenters. The smallest absolute Gasteiger partial charge is 0.257 e. The first-order chi connectivity index (χ1) is 13.9. The lowest BCUT2D eigenvalue weighted by Gasteiger charge is -2.12. The molecule has 29 heavy (non-hydrogen) atoms. The molecule has 6 nitrogen and oxygen atoms in total. The van der Waals surface area contributed by atoms with Gasteiger partial charge in [0.25, 0.3) is 11.8 Å². The largest absolute Gasteiger partial charge is 0.494 e. The minimum Gasteiger partial charge on any atom is -0.494 e. The van der Waals surface area contributed by atoms with Gasteiger partial charge in [-0.3, -0.25) is 14.9 Å². The molecule has 0 aliphatic heterocycles. The van der Waals surface area contributed by atoms with Gasteiger partial charge in [0, 0.05) is 23.4 Å². The molecule has 0 radical (unpaired) electrons. The van der Waals surface area contributed by atoms with Gasteiger partial charge in [-0.15, -0.1) is 0 Å². The van der Waals surface area contributed by atoms with Crippen LogP contribution in [0.15, 0.2) is 48.5 Å². The zero-order valence-corrected chi connectivity index (χ0v) is 17.8. The fourth-order valence-electron chi connectivity index (χ4n) is 2.48. The molecule has 0 saturated heterocycles. The Hall–Kier alpha value is -2.93. The van der Waals surface area contributed by atoms with Crippen molar-refractivity contribution in [2.45, 2.75) is 27.2 Å². The molecule has 0 fully saturated rings. The van der Waals surface area contributed by atoms with Crippen molar-refractivity contribution < 1.29 is 14.3 Å². The topological polar surface area (TPSA) is 79.5 Å². The van der Waals surface area contributed by atoms with Crippen molar-refractivity contribution in [3.63, 3.8) is 0 Å². The number of carbonyl (C=O) groups is 2. The molecule has 0 spiro atoms. The number of amides is 2. The van der Waals surface area contributed by atoms with Crippen LogP contribution < -0.4 is 20.7 Å². The lowest BCUT2D eigenvalue weighted by Crippen LogP contribution is -2.34. The molecule has 3 N–H and O–H groups in total. The highest BCUT2D eigenvalue weighted by atomic mass is 32.1. The number of benzene rings is 2. The summed E-state index contributed by atoms with van der Waals surface area (Å²) in [6.45, 7) is 7.27. The van der Waals surface area contributed by atoms with E-state index >= 15 is 0 Å². The second-order valence-electron chi connectivity index (χ2n) is 6.91. The van der Waals surface area contributed by atoms with Crippen LogP contribution in [0.1, 0.15) is 47.9 Å². The fraction of sp³-hybridized carbons (Fsp3) is 0.318. The van der Waals surface area contributed by atoms with E-state index in [4.69, 9.17) is 17.0 Å². The van der Waals surface area contributed by atoms with Crippen LogP contribution >= 0.6 is 12.2 Å². The molecule has 0 aliphatic carbocycles. The number of nitrogens with one attached hydrogen (secondary N) is 3. The van der Waals surface area contributed by atoms with Crippen molar-refractivity contribution in [1.82, 2.24) is 10.6 Å². The monoisotopic (exact) mass is 413 g/mol. The average Bonchev–Trinajstić information content (AvgIpc) is 2.68. The van der Waals surface area contributed by atoms with Crippen LogP contribution in [0.3, 0.4) is 0 Å². The van der Waals surface area contributed by atoms with Crippen molar-refractivity contribution in [3.8, 4) is 5.75 Å². The molecule has 0 aromatic heterocycles. The molecule has 0 bridgehead atoms. The highest BCUT2D eigenvalue weighted by Crippen LogP contribution is 2.15. The maximum absolute atomic E-state index is 12.5. The number of hydrogen-bond donors (Lipinski definition) is 3.